The summed E-state index contributed by atoms with van der Waals surface area (Å²) in [4.78, 5) is 23.2. The summed E-state index contributed by atoms with van der Waals surface area (Å²) >= 11 is 0. The Morgan fingerprint density at radius 3 is 2.32 bits per heavy atom. The van der Waals surface area contributed by atoms with E-state index in [2.05, 4.69) is 5.32 Å². The van der Waals surface area contributed by atoms with Crippen LogP contribution in [0.3, 0.4) is 0 Å². The van der Waals surface area contributed by atoms with Crippen molar-refractivity contribution in [2.45, 2.75) is 71.1 Å². The molecule has 1 saturated carbocycles. The molecule has 19 heavy (non-hydrogen) atoms. The molecule has 1 fully saturated rings. The van der Waals surface area contributed by atoms with Crippen LogP contribution in [0.4, 0.5) is 0 Å². The van der Waals surface area contributed by atoms with Gasteiger partial charge in [-0.05, 0) is 25.2 Å². The first-order valence-electron chi connectivity index (χ1n) is 7.14. The minimum atomic E-state index is -1.00. The van der Waals surface area contributed by atoms with Crippen LogP contribution in [0.1, 0.15) is 52.9 Å². The predicted molar refractivity (Wildman–Crippen MR) is 71.8 cm³/mol. The first kappa shape index (κ1) is 16.0. The fourth-order valence-corrected chi connectivity index (χ4v) is 2.36. The van der Waals surface area contributed by atoms with Gasteiger partial charge in [0, 0.05) is 0 Å². The van der Waals surface area contributed by atoms with Gasteiger partial charge in [-0.3, -0.25) is 4.79 Å². The zero-order valence-electron chi connectivity index (χ0n) is 12.0. The van der Waals surface area contributed by atoms with E-state index in [-0.39, 0.29) is 17.9 Å². The summed E-state index contributed by atoms with van der Waals surface area (Å²) in [6.07, 6.45) is 4.46. The van der Waals surface area contributed by atoms with Gasteiger partial charge < -0.3 is 15.2 Å². The van der Waals surface area contributed by atoms with Crippen molar-refractivity contribution in [3.63, 3.8) is 0 Å². The van der Waals surface area contributed by atoms with E-state index in [9.17, 15) is 9.59 Å². The molecule has 0 spiro atoms. The Morgan fingerprint density at radius 1 is 1.32 bits per heavy atom. The zero-order chi connectivity index (χ0) is 14.4. The second-order valence-electron chi connectivity index (χ2n) is 5.51. The van der Waals surface area contributed by atoms with E-state index >= 15 is 0 Å². The van der Waals surface area contributed by atoms with Gasteiger partial charge in [-0.25, -0.2) is 4.79 Å². The van der Waals surface area contributed by atoms with Gasteiger partial charge in [0.05, 0.1) is 6.10 Å². The number of nitrogens with one attached hydrogen (secondary N) is 1. The van der Waals surface area contributed by atoms with Gasteiger partial charge in [0.2, 0.25) is 5.91 Å². The quantitative estimate of drug-likeness (QED) is 0.742. The predicted octanol–water partition coefficient (Wildman–Crippen LogP) is 1.95. The molecule has 1 amide bonds. The van der Waals surface area contributed by atoms with Gasteiger partial charge in [-0.1, -0.05) is 33.6 Å². The second-order valence-corrected chi connectivity index (χ2v) is 5.51. The topological polar surface area (TPSA) is 75.6 Å². The third-order valence-corrected chi connectivity index (χ3v) is 3.55. The van der Waals surface area contributed by atoms with E-state index in [4.69, 9.17) is 9.84 Å². The number of hydrogen-bond acceptors (Lipinski definition) is 3. The average molecular weight is 271 g/mol. The first-order valence-corrected chi connectivity index (χ1v) is 7.14. The lowest BCUT2D eigenvalue weighted by molar-refractivity contribution is -0.147. The SMILES string of the molecule is CCC(OC1CCCC1)C(=O)N[C@@H](C(=O)O)C(C)C. The molecule has 1 aliphatic rings. The van der Waals surface area contributed by atoms with Crippen LogP contribution in [0.25, 0.3) is 0 Å². The highest BCUT2D eigenvalue weighted by atomic mass is 16.5. The highest BCUT2D eigenvalue weighted by Gasteiger charge is 2.29. The third kappa shape index (κ3) is 4.82. The molecular formula is C14H25NO4. The lowest BCUT2D eigenvalue weighted by Crippen LogP contribution is -2.49. The maximum absolute atomic E-state index is 12.1. The van der Waals surface area contributed by atoms with Crippen molar-refractivity contribution >= 4 is 11.9 Å². The molecular weight excluding hydrogens is 246 g/mol. The van der Waals surface area contributed by atoms with Gasteiger partial charge in [0.15, 0.2) is 0 Å². The average Bonchev–Trinajstić information content (AvgIpc) is 2.84. The number of carbonyl (C=O) groups excluding carboxylic acids is 1. The van der Waals surface area contributed by atoms with Crippen molar-refractivity contribution in [1.82, 2.24) is 5.32 Å². The molecule has 110 valence electrons. The van der Waals surface area contributed by atoms with Crippen molar-refractivity contribution < 1.29 is 19.4 Å². The van der Waals surface area contributed by atoms with E-state index in [1.807, 2.05) is 6.92 Å². The van der Waals surface area contributed by atoms with Crippen LogP contribution in [-0.4, -0.2) is 35.2 Å². The van der Waals surface area contributed by atoms with Crippen LogP contribution in [0.15, 0.2) is 0 Å². The number of amides is 1. The number of rotatable bonds is 7. The number of hydrogen-bond donors (Lipinski definition) is 2. The van der Waals surface area contributed by atoms with Crippen molar-refractivity contribution in [3.8, 4) is 0 Å². The molecule has 0 bridgehead atoms. The van der Waals surface area contributed by atoms with Crippen LogP contribution in [0.2, 0.25) is 0 Å². The van der Waals surface area contributed by atoms with Crippen LogP contribution in [0.5, 0.6) is 0 Å². The third-order valence-electron chi connectivity index (χ3n) is 3.55. The Bertz CT molecular complexity index is 311. The van der Waals surface area contributed by atoms with E-state index in [0.29, 0.717) is 6.42 Å². The monoisotopic (exact) mass is 271 g/mol. The fourth-order valence-electron chi connectivity index (χ4n) is 2.36. The Morgan fingerprint density at radius 2 is 1.89 bits per heavy atom. The van der Waals surface area contributed by atoms with Crippen LogP contribution in [0, 0.1) is 5.92 Å². The minimum Gasteiger partial charge on any atom is -0.480 e. The maximum atomic E-state index is 12.1. The molecule has 0 saturated heterocycles. The van der Waals surface area contributed by atoms with Gasteiger partial charge in [0.1, 0.15) is 12.1 Å². The molecule has 2 atom stereocenters. The van der Waals surface area contributed by atoms with Crippen molar-refractivity contribution in [1.29, 1.82) is 0 Å². The molecule has 1 aliphatic carbocycles. The summed E-state index contributed by atoms with van der Waals surface area (Å²) in [6, 6.07) is -0.853. The Kier molecular flexibility index (Phi) is 6.28. The normalized spacial score (nSPS) is 19.4. The maximum Gasteiger partial charge on any atom is 0.326 e. The standard InChI is InChI=1S/C14H25NO4/c1-4-11(19-10-7-5-6-8-10)13(16)15-12(9(2)3)14(17)18/h9-12H,4-8H2,1-3H3,(H,15,16)(H,17,18)/t11?,12-/m1/s1. The summed E-state index contributed by atoms with van der Waals surface area (Å²) in [5.74, 6) is -1.46. The zero-order valence-corrected chi connectivity index (χ0v) is 12.0. The number of carboxylic acids is 1. The molecule has 0 radical (unpaired) electrons. The fraction of sp³-hybridized carbons (Fsp3) is 0.857. The lowest BCUT2D eigenvalue weighted by atomic mass is 10.0. The van der Waals surface area contributed by atoms with Gasteiger partial charge in [-0.15, -0.1) is 0 Å². The molecule has 0 aliphatic heterocycles. The molecule has 0 heterocycles. The molecule has 0 aromatic rings. The number of carbonyl (C=O) groups is 2. The van der Waals surface area contributed by atoms with Crippen molar-refractivity contribution in [2.24, 2.45) is 5.92 Å². The van der Waals surface area contributed by atoms with E-state index < -0.39 is 18.1 Å². The van der Waals surface area contributed by atoms with E-state index in [1.165, 1.54) is 0 Å². The molecule has 5 heteroatoms. The number of carboxylic acid groups (broad SMARTS) is 1. The Balaban J connectivity index is 2.54. The van der Waals surface area contributed by atoms with Crippen molar-refractivity contribution in [2.75, 3.05) is 0 Å². The Hall–Kier alpha value is -1.10. The lowest BCUT2D eigenvalue weighted by Gasteiger charge is -2.24. The highest BCUT2D eigenvalue weighted by molar-refractivity contribution is 5.86. The van der Waals surface area contributed by atoms with Crippen LogP contribution < -0.4 is 5.32 Å². The summed E-state index contributed by atoms with van der Waals surface area (Å²) in [5, 5.41) is 11.7. The largest absolute Gasteiger partial charge is 0.480 e. The summed E-state index contributed by atoms with van der Waals surface area (Å²) in [6.45, 7) is 5.43. The number of aliphatic carboxylic acids is 1. The van der Waals surface area contributed by atoms with Gasteiger partial charge in [-0.2, -0.15) is 0 Å². The molecule has 1 unspecified atom stereocenters. The summed E-state index contributed by atoms with van der Waals surface area (Å²) in [7, 11) is 0. The molecule has 5 nitrogen and oxygen atoms in total. The Labute approximate surface area is 114 Å². The van der Waals surface area contributed by atoms with Crippen LogP contribution in [-0.2, 0) is 14.3 Å². The highest BCUT2D eigenvalue weighted by Crippen LogP contribution is 2.23. The molecule has 2 N–H and O–H groups in total. The molecule has 1 rings (SSSR count). The van der Waals surface area contributed by atoms with Crippen LogP contribution >= 0.6 is 0 Å². The second kappa shape index (κ2) is 7.48. The molecule has 0 aromatic carbocycles. The first-order chi connectivity index (χ1) is 8.95. The van der Waals surface area contributed by atoms with E-state index in [1.54, 1.807) is 13.8 Å². The number of ether oxygens (including phenoxy) is 1. The van der Waals surface area contributed by atoms with E-state index in [0.717, 1.165) is 25.7 Å². The summed E-state index contributed by atoms with van der Waals surface area (Å²) < 4.78 is 5.78. The summed E-state index contributed by atoms with van der Waals surface area (Å²) in [5.41, 5.74) is 0. The minimum absolute atomic E-state index is 0.148. The van der Waals surface area contributed by atoms with Gasteiger partial charge in [0.25, 0.3) is 0 Å². The van der Waals surface area contributed by atoms with Gasteiger partial charge >= 0.3 is 5.97 Å². The molecule has 0 aromatic heterocycles. The smallest absolute Gasteiger partial charge is 0.326 e. The van der Waals surface area contributed by atoms with Crippen molar-refractivity contribution in [3.05, 3.63) is 0 Å².